The van der Waals surface area contributed by atoms with E-state index in [0.717, 1.165) is 11.8 Å². The summed E-state index contributed by atoms with van der Waals surface area (Å²) in [6, 6.07) is 0. The third kappa shape index (κ3) is 3.16. The first-order chi connectivity index (χ1) is 5.86. The van der Waals surface area contributed by atoms with Gasteiger partial charge in [0, 0.05) is 0 Å². The lowest BCUT2D eigenvalue weighted by molar-refractivity contribution is 0.433. The maximum atomic E-state index is 2.32. The minimum Gasteiger partial charge on any atom is -0.0654 e. The predicted octanol–water partition coefficient (Wildman–Crippen LogP) is 4.39. The molecule has 0 N–H and O–H groups in total. The summed E-state index contributed by atoms with van der Waals surface area (Å²) in [6.07, 6.45) is 11.9. The standard InChI is InChI=1S/C12H24/c1-3-5-7-12-9-8-11(10-12)6-4-2/h11-12H,3-10H2,1-2H3/t11-,12+/m1/s1. The van der Waals surface area contributed by atoms with Crippen LogP contribution in [0.2, 0.25) is 0 Å². The topological polar surface area (TPSA) is 0 Å². The summed E-state index contributed by atoms with van der Waals surface area (Å²) in [5, 5.41) is 0. The van der Waals surface area contributed by atoms with Gasteiger partial charge in [-0.25, -0.2) is 0 Å². The lowest BCUT2D eigenvalue weighted by Crippen LogP contribution is -1.96. The van der Waals surface area contributed by atoms with Crippen molar-refractivity contribution in [3.8, 4) is 0 Å². The largest absolute Gasteiger partial charge is 0.0654 e. The molecule has 0 nitrogen and oxygen atoms in total. The Hall–Kier alpha value is 0. The van der Waals surface area contributed by atoms with Gasteiger partial charge in [-0.2, -0.15) is 0 Å². The lowest BCUT2D eigenvalue weighted by Gasteiger charge is -2.09. The van der Waals surface area contributed by atoms with Crippen LogP contribution in [-0.2, 0) is 0 Å². The zero-order valence-corrected chi connectivity index (χ0v) is 8.81. The summed E-state index contributed by atoms with van der Waals surface area (Å²) in [5.74, 6) is 2.19. The van der Waals surface area contributed by atoms with Gasteiger partial charge >= 0.3 is 0 Å². The van der Waals surface area contributed by atoms with Crippen LogP contribution in [-0.4, -0.2) is 0 Å². The molecule has 0 saturated heterocycles. The van der Waals surface area contributed by atoms with Crippen molar-refractivity contribution in [2.75, 3.05) is 0 Å². The molecule has 1 aliphatic rings. The van der Waals surface area contributed by atoms with E-state index in [4.69, 9.17) is 0 Å². The molecule has 0 unspecified atom stereocenters. The Bertz CT molecular complexity index is 107. The molecule has 1 aliphatic carbocycles. The van der Waals surface area contributed by atoms with Crippen LogP contribution in [0.5, 0.6) is 0 Å². The summed E-state index contributed by atoms with van der Waals surface area (Å²) < 4.78 is 0. The fourth-order valence-corrected chi connectivity index (χ4v) is 2.60. The van der Waals surface area contributed by atoms with E-state index in [1.165, 1.54) is 44.9 Å². The van der Waals surface area contributed by atoms with Gasteiger partial charge in [-0.15, -0.1) is 0 Å². The van der Waals surface area contributed by atoms with Crippen molar-refractivity contribution in [1.29, 1.82) is 0 Å². The molecule has 0 aromatic rings. The summed E-state index contributed by atoms with van der Waals surface area (Å²) in [5.41, 5.74) is 0. The second kappa shape index (κ2) is 5.61. The van der Waals surface area contributed by atoms with Crippen LogP contribution in [0.15, 0.2) is 0 Å². The van der Waals surface area contributed by atoms with Crippen molar-refractivity contribution >= 4 is 0 Å². The van der Waals surface area contributed by atoms with Gasteiger partial charge in [0.1, 0.15) is 0 Å². The van der Waals surface area contributed by atoms with E-state index in [1.807, 2.05) is 0 Å². The van der Waals surface area contributed by atoms with Gasteiger partial charge in [-0.1, -0.05) is 58.8 Å². The Morgan fingerprint density at radius 3 is 2.17 bits per heavy atom. The van der Waals surface area contributed by atoms with Crippen molar-refractivity contribution < 1.29 is 0 Å². The van der Waals surface area contributed by atoms with Crippen LogP contribution in [0.3, 0.4) is 0 Å². The molecule has 0 aromatic heterocycles. The van der Waals surface area contributed by atoms with Gasteiger partial charge in [0.15, 0.2) is 0 Å². The summed E-state index contributed by atoms with van der Waals surface area (Å²) in [4.78, 5) is 0. The first-order valence-corrected chi connectivity index (χ1v) is 5.86. The second-order valence-corrected chi connectivity index (χ2v) is 4.48. The average molecular weight is 168 g/mol. The molecule has 1 saturated carbocycles. The Morgan fingerprint density at radius 1 is 0.917 bits per heavy atom. The van der Waals surface area contributed by atoms with Crippen LogP contribution in [0, 0.1) is 11.8 Å². The highest BCUT2D eigenvalue weighted by atomic mass is 14.3. The predicted molar refractivity (Wildman–Crippen MR) is 55.3 cm³/mol. The maximum Gasteiger partial charge on any atom is -0.0412 e. The fraction of sp³-hybridized carbons (Fsp3) is 1.00. The average Bonchev–Trinajstić information content (AvgIpc) is 2.50. The molecule has 2 atom stereocenters. The van der Waals surface area contributed by atoms with Crippen LogP contribution in [0.4, 0.5) is 0 Å². The molecule has 0 amide bonds. The molecule has 1 fully saturated rings. The van der Waals surface area contributed by atoms with Crippen molar-refractivity contribution in [3.05, 3.63) is 0 Å². The summed E-state index contributed by atoms with van der Waals surface area (Å²) in [6.45, 7) is 4.62. The van der Waals surface area contributed by atoms with E-state index in [1.54, 1.807) is 6.42 Å². The Balaban J connectivity index is 2.08. The zero-order valence-electron chi connectivity index (χ0n) is 8.81. The smallest absolute Gasteiger partial charge is 0.0412 e. The molecule has 1 rings (SSSR count). The first kappa shape index (κ1) is 10.1. The SMILES string of the molecule is CCCC[C@H]1CC[C@@H](CCC)C1. The second-order valence-electron chi connectivity index (χ2n) is 4.48. The van der Waals surface area contributed by atoms with E-state index < -0.39 is 0 Å². The number of rotatable bonds is 5. The fourth-order valence-electron chi connectivity index (χ4n) is 2.60. The molecule has 12 heavy (non-hydrogen) atoms. The van der Waals surface area contributed by atoms with Crippen LogP contribution in [0.25, 0.3) is 0 Å². The third-order valence-corrected chi connectivity index (χ3v) is 3.31. The Kier molecular flexibility index (Phi) is 4.72. The van der Waals surface area contributed by atoms with Gasteiger partial charge in [0.2, 0.25) is 0 Å². The Labute approximate surface area is 77.7 Å². The van der Waals surface area contributed by atoms with E-state index >= 15 is 0 Å². The molecule has 0 aliphatic heterocycles. The van der Waals surface area contributed by atoms with E-state index in [2.05, 4.69) is 13.8 Å². The van der Waals surface area contributed by atoms with Crippen LogP contribution >= 0.6 is 0 Å². The lowest BCUT2D eigenvalue weighted by atomic mass is 9.97. The minimum absolute atomic E-state index is 1.09. The number of hydrogen-bond donors (Lipinski definition) is 0. The molecule has 72 valence electrons. The molecule has 0 bridgehead atoms. The van der Waals surface area contributed by atoms with Crippen LogP contribution < -0.4 is 0 Å². The molecule has 0 aromatic carbocycles. The zero-order chi connectivity index (χ0) is 8.81. The molecular formula is C12H24. The van der Waals surface area contributed by atoms with Gasteiger partial charge in [-0.3, -0.25) is 0 Å². The van der Waals surface area contributed by atoms with Crippen molar-refractivity contribution in [1.82, 2.24) is 0 Å². The highest BCUT2D eigenvalue weighted by Gasteiger charge is 2.22. The first-order valence-electron chi connectivity index (χ1n) is 5.86. The van der Waals surface area contributed by atoms with E-state index in [9.17, 15) is 0 Å². The normalized spacial score (nSPS) is 29.5. The highest BCUT2D eigenvalue weighted by molar-refractivity contribution is 4.75. The van der Waals surface area contributed by atoms with E-state index in [0.29, 0.717) is 0 Å². The van der Waals surface area contributed by atoms with Gasteiger partial charge in [0.05, 0.1) is 0 Å². The highest BCUT2D eigenvalue weighted by Crippen LogP contribution is 2.36. The molecule has 0 spiro atoms. The molecule has 0 heteroatoms. The molecule has 0 heterocycles. The third-order valence-electron chi connectivity index (χ3n) is 3.31. The maximum absolute atomic E-state index is 2.32. The van der Waals surface area contributed by atoms with Gasteiger partial charge in [0.25, 0.3) is 0 Å². The number of unbranched alkanes of at least 4 members (excludes halogenated alkanes) is 1. The van der Waals surface area contributed by atoms with Crippen molar-refractivity contribution in [3.63, 3.8) is 0 Å². The summed E-state index contributed by atoms with van der Waals surface area (Å²) >= 11 is 0. The van der Waals surface area contributed by atoms with Crippen molar-refractivity contribution in [2.45, 2.75) is 65.2 Å². The van der Waals surface area contributed by atoms with Crippen molar-refractivity contribution in [2.24, 2.45) is 11.8 Å². The molecule has 0 radical (unpaired) electrons. The minimum atomic E-state index is 1.09. The van der Waals surface area contributed by atoms with Gasteiger partial charge in [-0.05, 0) is 18.3 Å². The van der Waals surface area contributed by atoms with E-state index in [-0.39, 0.29) is 0 Å². The van der Waals surface area contributed by atoms with Crippen LogP contribution in [0.1, 0.15) is 65.2 Å². The monoisotopic (exact) mass is 168 g/mol. The van der Waals surface area contributed by atoms with Gasteiger partial charge < -0.3 is 0 Å². The quantitative estimate of drug-likeness (QED) is 0.571. The summed E-state index contributed by atoms with van der Waals surface area (Å²) in [7, 11) is 0. The molecular weight excluding hydrogens is 144 g/mol. The number of hydrogen-bond acceptors (Lipinski definition) is 0. The Morgan fingerprint density at radius 2 is 1.58 bits per heavy atom.